The minimum Gasteiger partial charge on any atom is -0.546 e. The fourth-order valence-electron chi connectivity index (χ4n) is 1.48. The van der Waals surface area contributed by atoms with Crippen LogP contribution in [0, 0.1) is 0 Å². The average Bonchev–Trinajstić information content (AvgIpc) is 2.43. The van der Waals surface area contributed by atoms with E-state index in [-0.39, 0.29) is 51.4 Å². The first kappa shape index (κ1) is 18.5. The monoisotopic (exact) mass is 330 g/mol. The van der Waals surface area contributed by atoms with Crippen LogP contribution in [0.2, 0.25) is 5.02 Å². The van der Waals surface area contributed by atoms with Crippen LogP contribution in [-0.4, -0.2) is 12.1 Å². The van der Waals surface area contributed by atoms with E-state index in [0.29, 0.717) is 22.3 Å². The van der Waals surface area contributed by atoms with Gasteiger partial charge in [-0.2, -0.15) is 0 Å². The summed E-state index contributed by atoms with van der Waals surface area (Å²) in [6.07, 6.45) is -1.00. The van der Waals surface area contributed by atoms with Crippen LogP contribution in [0.1, 0.15) is 6.92 Å². The van der Waals surface area contributed by atoms with Gasteiger partial charge in [-0.15, -0.1) is 0 Å². The van der Waals surface area contributed by atoms with Crippen LogP contribution in [0.5, 0.6) is 17.2 Å². The van der Waals surface area contributed by atoms with Crippen LogP contribution in [0.4, 0.5) is 0 Å². The first-order valence-electron chi connectivity index (χ1n) is 5.95. The van der Waals surface area contributed by atoms with Gasteiger partial charge in [0.15, 0.2) is 0 Å². The molecule has 0 aliphatic heterocycles. The molecule has 2 aromatic rings. The number of hydrogen-bond donors (Lipinski definition) is 0. The second-order valence-corrected chi connectivity index (χ2v) is 4.54. The van der Waals surface area contributed by atoms with Gasteiger partial charge in [0.05, 0.1) is 5.97 Å². The zero-order valence-corrected chi connectivity index (χ0v) is 15.6. The van der Waals surface area contributed by atoms with Crippen molar-refractivity contribution in [2.24, 2.45) is 0 Å². The van der Waals surface area contributed by atoms with Gasteiger partial charge >= 0.3 is 51.4 Å². The van der Waals surface area contributed by atoms with E-state index < -0.39 is 12.1 Å². The van der Waals surface area contributed by atoms with Gasteiger partial charge in [0.25, 0.3) is 0 Å². The van der Waals surface area contributed by atoms with Gasteiger partial charge in [0, 0.05) is 5.02 Å². The molecule has 0 N–H and O–H groups in total. The number of benzene rings is 2. The van der Waals surface area contributed by atoms with E-state index >= 15 is 0 Å². The van der Waals surface area contributed by atoms with Crippen molar-refractivity contribution in [3.05, 3.63) is 53.6 Å². The second-order valence-electron chi connectivity index (χ2n) is 4.11. The van der Waals surface area contributed by atoms with Crippen molar-refractivity contribution in [3.63, 3.8) is 0 Å². The Morgan fingerprint density at radius 2 is 1.43 bits per heavy atom. The molecule has 0 aliphatic carbocycles. The van der Waals surface area contributed by atoms with Crippen molar-refractivity contribution >= 4 is 17.6 Å². The third kappa shape index (κ3) is 5.98. The SMILES string of the molecule is CC(Oc1ccc(Oc2ccc(Cl)cc2)cc1)C(=O)[O-].[K+]. The molecule has 0 heterocycles. The Labute approximate surface area is 170 Å². The van der Waals surface area contributed by atoms with Crippen molar-refractivity contribution in [3.8, 4) is 17.2 Å². The van der Waals surface area contributed by atoms with E-state index in [1.807, 2.05) is 0 Å². The van der Waals surface area contributed by atoms with Gasteiger partial charge in [-0.1, -0.05) is 11.6 Å². The van der Waals surface area contributed by atoms with Crippen molar-refractivity contribution in [2.45, 2.75) is 13.0 Å². The van der Waals surface area contributed by atoms with Crippen LogP contribution < -0.4 is 66.0 Å². The fraction of sp³-hybridized carbons (Fsp3) is 0.133. The Kier molecular flexibility index (Phi) is 7.73. The maximum absolute atomic E-state index is 10.6. The van der Waals surface area contributed by atoms with Crippen LogP contribution in [-0.2, 0) is 4.79 Å². The smallest absolute Gasteiger partial charge is 0.546 e. The molecule has 0 aromatic heterocycles. The van der Waals surface area contributed by atoms with Crippen molar-refractivity contribution in [2.75, 3.05) is 0 Å². The number of halogens is 1. The molecule has 0 fully saturated rings. The number of aliphatic carboxylic acids is 1. The number of hydrogen-bond acceptors (Lipinski definition) is 4. The van der Waals surface area contributed by atoms with Crippen molar-refractivity contribution < 1.29 is 70.8 Å². The molecule has 0 bridgehead atoms. The Balaban J connectivity index is 0.00000220. The van der Waals surface area contributed by atoms with Crippen LogP contribution in [0.15, 0.2) is 48.5 Å². The normalized spacial score (nSPS) is 11.1. The molecule has 0 saturated carbocycles. The van der Waals surface area contributed by atoms with Crippen molar-refractivity contribution in [1.82, 2.24) is 0 Å². The molecule has 0 radical (unpaired) electrons. The molecule has 0 aliphatic rings. The number of carbonyl (C=O) groups excluding carboxylic acids is 1. The molecule has 2 aromatic carbocycles. The van der Waals surface area contributed by atoms with Gasteiger partial charge in [0.2, 0.25) is 0 Å². The van der Waals surface area contributed by atoms with Crippen LogP contribution in [0.25, 0.3) is 0 Å². The topological polar surface area (TPSA) is 58.6 Å². The van der Waals surface area contributed by atoms with Gasteiger partial charge in [-0.05, 0) is 55.5 Å². The first-order chi connectivity index (χ1) is 9.54. The summed E-state index contributed by atoms with van der Waals surface area (Å²) in [6, 6.07) is 13.6. The third-order valence-corrected chi connectivity index (χ3v) is 2.77. The van der Waals surface area contributed by atoms with Crippen molar-refractivity contribution in [1.29, 1.82) is 0 Å². The largest absolute Gasteiger partial charge is 1.00 e. The van der Waals surface area contributed by atoms with Gasteiger partial charge < -0.3 is 19.4 Å². The Bertz CT molecular complexity index is 584. The predicted octanol–water partition coefficient (Wildman–Crippen LogP) is -0.346. The summed E-state index contributed by atoms with van der Waals surface area (Å²) in [6.45, 7) is 1.41. The zero-order chi connectivity index (χ0) is 14.5. The number of carboxylic acids is 1. The fourth-order valence-corrected chi connectivity index (χ4v) is 1.60. The molecular weight excluding hydrogens is 319 g/mol. The maximum Gasteiger partial charge on any atom is 1.00 e. The number of carboxylic acid groups (broad SMARTS) is 1. The van der Waals surface area contributed by atoms with E-state index in [1.54, 1.807) is 48.5 Å². The Morgan fingerprint density at radius 3 is 1.90 bits per heavy atom. The third-order valence-electron chi connectivity index (χ3n) is 2.52. The molecule has 6 heteroatoms. The van der Waals surface area contributed by atoms with Gasteiger partial charge in [0.1, 0.15) is 23.4 Å². The zero-order valence-electron chi connectivity index (χ0n) is 11.7. The van der Waals surface area contributed by atoms with E-state index in [4.69, 9.17) is 21.1 Å². The van der Waals surface area contributed by atoms with E-state index in [0.717, 1.165) is 0 Å². The molecule has 0 amide bonds. The Hall–Kier alpha value is -0.564. The summed E-state index contributed by atoms with van der Waals surface area (Å²) in [5.41, 5.74) is 0. The molecule has 0 spiro atoms. The molecule has 1 unspecified atom stereocenters. The molecule has 2 rings (SSSR count). The van der Waals surface area contributed by atoms with E-state index in [9.17, 15) is 9.90 Å². The van der Waals surface area contributed by atoms with Crippen LogP contribution in [0.3, 0.4) is 0 Å². The summed E-state index contributed by atoms with van der Waals surface area (Å²) in [7, 11) is 0. The van der Waals surface area contributed by atoms with Gasteiger partial charge in [-0.3, -0.25) is 0 Å². The molecule has 1 atom stereocenters. The summed E-state index contributed by atoms with van der Waals surface area (Å²) in [4.78, 5) is 10.6. The summed E-state index contributed by atoms with van der Waals surface area (Å²) < 4.78 is 10.8. The van der Waals surface area contributed by atoms with Gasteiger partial charge in [-0.25, -0.2) is 0 Å². The summed E-state index contributed by atoms with van der Waals surface area (Å²) >= 11 is 5.78. The Morgan fingerprint density at radius 1 is 1.00 bits per heavy atom. The standard InChI is InChI=1S/C15H13ClO4.K/c1-10(15(17)18)19-12-6-8-14(9-7-12)20-13-4-2-11(16)3-5-13;/h2-10H,1H3,(H,17,18);/q;+1/p-1. The summed E-state index contributed by atoms with van der Waals surface area (Å²) in [5, 5.41) is 11.2. The molecular formula is C15H12ClKO4. The van der Waals surface area contributed by atoms with E-state index in [2.05, 4.69) is 0 Å². The molecule has 4 nitrogen and oxygen atoms in total. The minimum absolute atomic E-state index is 0. The number of rotatable bonds is 5. The first-order valence-corrected chi connectivity index (χ1v) is 6.33. The van der Waals surface area contributed by atoms with Crippen LogP contribution >= 0.6 is 11.6 Å². The van der Waals surface area contributed by atoms with E-state index in [1.165, 1.54) is 6.92 Å². The molecule has 104 valence electrons. The number of carbonyl (C=O) groups is 1. The maximum atomic E-state index is 10.6. The number of ether oxygens (including phenoxy) is 2. The minimum atomic E-state index is -1.26. The molecule has 21 heavy (non-hydrogen) atoms. The second kappa shape index (κ2) is 8.78. The predicted molar refractivity (Wildman–Crippen MR) is 73.1 cm³/mol. The quantitative estimate of drug-likeness (QED) is 0.703. The molecule has 0 saturated heterocycles. The average molecular weight is 331 g/mol. The summed E-state index contributed by atoms with van der Waals surface area (Å²) in [5.74, 6) is 0.448.